The Morgan fingerprint density at radius 1 is 1.04 bits per heavy atom. The van der Waals surface area contributed by atoms with Gasteiger partial charge in [0.25, 0.3) is 0 Å². The standard InChI is InChI=1S/C19H22FN3S/c1-14-7-8-15(2)17(13-14)21-19(24)23-11-9-22(10-12-23)18-6-4-3-5-16(18)20/h3-8,13H,9-12H2,1-2H3,(H,21,24). The largest absolute Gasteiger partial charge is 0.366 e. The molecule has 0 radical (unpaired) electrons. The first kappa shape index (κ1) is 16.7. The van der Waals surface area contributed by atoms with Crippen molar-refractivity contribution in [2.75, 3.05) is 36.4 Å². The number of piperazine rings is 1. The molecule has 0 aromatic heterocycles. The Labute approximate surface area is 148 Å². The Morgan fingerprint density at radius 3 is 2.46 bits per heavy atom. The molecule has 0 saturated carbocycles. The lowest BCUT2D eigenvalue weighted by Gasteiger charge is -2.37. The summed E-state index contributed by atoms with van der Waals surface area (Å²) in [6.45, 7) is 7.22. The van der Waals surface area contributed by atoms with Crippen LogP contribution in [0.4, 0.5) is 15.8 Å². The summed E-state index contributed by atoms with van der Waals surface area (Å²) in [6, 6.07) is 13.2. The van der Waals surface area contributed by atoms with Crippen LogP contribution in [0.2, 0.25) is 0 Å². The van der Waals surface area contributed by atoms with Gasteiger partial charge in [-0.25, -0.2) is 4.39 Å². The lowest BCUT2D eigenvalue weighted by molar-refractivity contribution is 0.388. The topological polar surface area (TPSA) is 18.5 Å². The van der Waals surface area contributed by atoms with Crippen LogP contribution in [-0.2, 0) is 0 Å². The molecule has 0 unspecified atom stereocenters. The molecule has 0 aliphatic carbocycles. The van der Waals surface area contributed by atoms with Crippen molar-refractivity contribution in [1.82, 2.24) is 4.90 Å². The fraction of sp³-hybridized carbons (Fsp3) is 0.316. The second kappa shape index (κ2) is 7.18. The summed E-state index contributed by atoms with van der Waals surface area (Å²) in [7, 11) is 0. The van der Waals surface area contributed by atoms with Crippen molar-refractivity contribution >= 4 is 28.7 Å². The van der Waals surface area contributed by atoms with Gasteiger partial charge in [0.2, 0.25) is 0 Å². The molecule has 0 bridgehead atoms. The van der Waals surface area contributed by atoms with Crippen molar-refractivity contribution in [3.63, 3.8) is 0 Å². The van der Waals surface area contributed by atoms with E-state index in [1.165, 1.54) is 17.2 Å². The molecule has 0 amide bonds. The molecule has 1 heterocycles. The number of aryl methyl sites for hydroxylation is 2. The SMILES string of the molecule is Cc1ccc(C)c(NC(=S)N2CCN(c3ccccc3F)CC2)c1. The number of benzene rings is 2. The second-order valence-electron chi connectivity index (χ2n) is 6.17. The summed E-state index contributed by atoms with van der Waals surface area (Å²) in [4.78, 5) is 4.22. The van der Waals surface area contributed by atoms with E-state index in [0.29, 0.717) is 5.69 Å². The van der Waals surface area contributed by atoms with Crippen LogP contribution < -0.4 is 10.2 Å². The first-order valence-corrected chi connectivity index (χ1v) is 8.58. The number of thiocarbonyl (C=S) groups is 1. The second-order valence-corrected chi connectivity index (χ2v) is 6.56. The summed E-state index contributed by atoms with van der Waals surface area (Å²) < 4.78 is 13.9. The number of anilines is 2. The van der Waals surface area contributed by atoms with Crippen molar-refractivity contribution in [3.8, 4) is 0 Å². The van der Waals surface area contributed by atoms with Crippen LogP contribution in [0.5, 0.6) is 0 Å². The van der Waals surface area contributed by atoms with Crippen LogP contribution >= 0.6 is 12.2 Å². The third-order valence-electron chi connectivity index (χ3n) is 4.39. The van der Waals surface area contributed by atoms with E-state index in [1.807, 2.05) is 12.1 Å². The molecule has 2 aromatic rings. The molecule has 1 aliphatic heterocycles. The van der Waals surface area contributed by atoms with Crippen molar-refractivity contribution in [2.45, 2.75) is 13.8 Å². The quantitative estimate of drug-likeness (QED) is 0.832. The van der Waals surface area contributed by atoms with E-state index >= 15 is 0 Å². The predicted octanol–water partition coefficient (Wildman–Crippen LogP) is 3.96. The van der Waals surface area contributed by atoms with E-state index in [-0.39, 0.29) is 5.82 Å². The number of halogens is 1. The highest BCUT2D eigenvalue weighted by Gasteiger charge is 2.21. The van der Waals surface area contributed by atoms with E-state index in [1.54, 1.807) is 6.07 Å². The molecule has 5 heteroatoms. The fourth-order valence-electron chi connectivity index (χ4n) is 2.92. The number of hydrogen-bond acceptors (Lipinski definition) is 2. The molecule has 1 aliphatic rings. The summed E-state index contributed by atoms with van der Waals surface area (Å²) in [5.74, 6) is -0.165. The first-order chi connectivity index (χ1) is 11.5. The number of hydrogen-bond donors (Lipinski definition) is 1. The highest BCUT2D eigenvalue weighted by molar-refractivity contribution is 7.80. The van der Waals surface area contributed by atoms with Gasteiger partial charge in [0.1, 0.15) is 5.82 Å². The molecule has 0 spiro atoms. The van der Waals surface area contributed by atoms with Gasteiger partial charge >= 0.3 is 0 Å². The molecule has 1 N–H and O–H groups in total. The predicted molar refractivity (Wildman–Crippen MR) is 102 cm³/mol. The summed E-state index contributed by atoms with van der Waals surface area (Å²) in [5, 5.41) is 4.08. The zero-order valence-electron chi connectivity index (χ0n) is 14.1. The maximum atomic E-state index is 13.9. The van der Waals surface area contributed by atoms with Gasteiger partial charge in [-0.05, 0) is 55.4 Å². The molecule has 24 heavy (non-hydrogen) atoms. The van der Waals surface area contributed by atoms with Gasteiger partial charge in [-0.2, -0.15) is 0 Å². The number of para-hydroxylation sites is 1. The normalized spacial score (nSPS) is 14.6. The van der Waals surface area contributed by atoms with Crippen molar-refractivity contribution in [3.05, 3.63) is 59.4 Å². The average molecular weight is 343 g/mol. The molecular weight excluding hydrogens is 321 g/mol. The van der Waals surface area contributed by atoms with Crippen molar-refractivity contribution in [1.29, 1.82) is 0 Å². The maximum absolute atomic E-state index is 13.9. The highest BCUT2D eigenvalue weighted by Crippen LogP contribution is 2.21. The van der Waals surface area contributed by atoms with E-state index in [4.69, 9.17) is 12.2 Å². The molecular formula is C19H22FN3S. The minimum atomic E-state index is -0.165. The maximum Gasteiger partial charge on any atom is 0.173 e. The monoisotopic (exact) mass is 343 g/mol. The van der Waals surface area contributed by atoms with E-state index in [0.717, 1.165) is 37.0 Å². The average Bonchev–Trinajstić information content (AvgIpc) is 2.59. The van der Waals surface area contributed by atoms with Crippen molar-refractivity contribution in [2.24, 2.45) is 0 Å². The molecule has 126 valence electrons. The number of rotatable bonds is 2. The van der Waals surface area contributed by atoms with Crippen molar-refractivity contribution < 1.29 is 4.39 Å². The minimum Gasteiger partial charge on any atom is -0.366 e. The van der Waals surface area contributed by atoms with E-state index < -0.39 is 0 Å². The van der Waals surface area contributed by atoms with Gasteiger partial charge in [0, 0.05) is 31.9 Å². The van der Waals surface area contributed by atoms with Gasteiger partial charge in [-0.15, -0.1) is 0 Å². The van der Waals surface area contributed by atoms with E-state index in [2.05, 4.69) is 47.2 Å². The summed E-state index contributed by atoms with van der Waals surface area (Å²) >= 11 is 5.56. The Hall–Kier alpha value is -2.14. The lowest BCUT2D eigenvalue weighted by Crippen LogP contribution is -2.50. The Bertz CT molecular complexity index is 739. The van der Waals surface area contributed by atoms with Gasteiger partial charge in [-0.3, -0.25) is 0 Å². The van der Waals surface area contributed by atoms with Gasteiger partial charge in [-0.1, -0.05) is 24.3 Å². The van der Waals surface area contributed by atoms with Crippen LogP contribution in [0.1, 0.15) is 11.1 Å². The molecule has 0 atom stereocenters. The fourth-order valence-corrected chi connectivity index (χ4v) is 3.22. The molecule has 3 rings (SSSR count). The Balaban J connectivity index is 1.61. The Kier molecular flexibility index (Phi) is 5.00. The smallest absolute Gasteiger partial charge is 0.173 e. The zero-order valence-corrected chi connectivity index (χ0v) is 14.9. The summed E-state index contributed by atoms with van der Waals surface area (Å²) in [6.07, 6.45) is 0. The molecule has 2 aromatic carbocycles. The zero-order chi connectivity index (χ0) is 17.1. The molecule has 1 saturated heterocycles. The minimum absolute atomic E-state index is 0.165. The molecule has 1 fully saturated rings. The van der Waals surface area contributed by atoms with Crippen LogP contribution in [0.15, 0.2) is 42.5 Å². The van der Waals surface area contributed by atoms with Crippen LogP contribution in [0, 0.1) is 19.7 Å². The molecule has 3 nitrogen and oxygen atoms in total. The number of nitrogens with one attached hydrogen (secondary N) is 1. The van der Waals surface area contributed by atoms with Gasteiger partial charge in [0.05, 0.1) is 5.69 Å². The summed E-state index contributed by atoms with van der Waals surface area (Å²) in [5.41, 5.74) is 4.10. The third kappa shape index (κ3) is 3.67. The van der Waals surface area contributed by atoms with Crippen LogP contribution in [0.25, 0.3) is 0 Å². The third-order valence-corrected chi connectivity index (χ3v) is 4.75. The van der Waals surface area contributed by atoms with Gasteiger partial charge in [0.15, 0.2) is 5.11 Å². The van der Waals surface area contributed by atoms with Gasteiger partial charge < -0.3 is 15.1 Å². The Morgan fingerprint density at radius 2 is 1.75 bits per heavy atom. The van der Waals surface area contributed by atoms with E-state index in [9.17, 15) is 4.39 Å². The van der Waals surface area contributed by atoms with Crippen LogP contribution in [0.3, 0.4) is 0 Å². The van der Waals surface area contributed by atoms with Crippen LogP contribution in [-0.4, -0.2) is 36.2 Å². The first-order valence-electron chi connectivity index (χ1n) is 8.17. The lowest BCUT2D eigenvalue weighted by atomic mass is 10.1. The number of nitrogens with zero attached hydrogens (tertiary/aromatic N) is 2. The highest BCUT2D eigenvalue weighted by atomic mass is 32.1.